The van der Waals surface area contributed by atoms with Crippen LogP contribution in [-0.4, -0.2) is 23.5 Å². The Morgan fingerprint density at radius 3 is 2.55 bits per heavy atom. The van der Waals surface area contributed by atoms with Crippen molar-refractivity contribution in [1.82, 2.24) is 10.6 Å². The number of rotatable bonds is 7. The molecule has 0 heterocycles. The van der Waals surface area contributed by atoms with Gasteiger partial charge < -0.3 is 16.0 Å². The van der Waals surface area contributed by atoms with Crippen LogP contribution < -0.4 is 16.0 Å². The topological polar surface area (TPSA) is 70.2 Å². The standard InChI is InChI=1S/C16H23N3O2S/c1-3-5-10-14(20)19-16(22)18-13-9-7-6-8-12(13)15(21)17-11-4-2/h6-9H,3-5,10-11H2,1-2H3,(H,17,21)(H2,18,19,20,22). The van der Waals surface area contributed by atoms with Gasteiger partial charge in [0.2, 0.25) is 5.91 Å². The second kappa shape index (κ2) is 9.89. The third-order valence-electron chi connectivity index (χ3n) is 2.97. The summed E-state index contributed by atoms with van der Waals surface area (Å²) in [4.78, 5) is 23.7. The molecule has 0 aliphatic heterocycles. The smallest absolute Gasteiger partial charge is 0.253 e. The largest absolute Gasteiger partial charge is 0.352 e. The quantitative estimate of drug-likeness (QED) is 0.675. The molecule has 0 saturated heterocycles. The minimum atomic E-state index is -0.162. The Morgan fingerprint density at radius 1 is 1.14 bits per heavy atom. The lowest BCUT2D eigenvalue weighted by molar-refractivity contribution is -0.119. The molecular weight excluding hydrogens is 298 g/mol. The van der Waals surface area contributed by atoms with Gasteiger partial charge in [0, 0.05) is 13.0 Å². The van der Waals surface area contributed by atoms with Crippen LogP contribution in [0.1, 0.15) is 49.9 Å². The van der Waals surface area contributed by atoms with Gasteiger partial charge in [0.05, 0.1) is 11.3 Å². The van der Waals surface area contributed by atoms with E-state index in [-0.39, 0.29) is 16.9 Å². The van der Waals surface area contributed by atoms with Crippen LogP contribution in [0.15, 0.2) is 24.3 Å². The molecule has 6 heteroatoms. The fraction of sp³-hybridized carbons (Fsp3) is 0.438. The summed E-state index contributed by atoms with van der Waals surface area (Å²) in [6.07, 6.45) is 3.09. The molecule has 0 aliphatic carbocycles. The van der Waals surface area contributed by atoms with Crippen LogP contribution in [0.4, 0.5) is 5.69 Å². The first-order chi connectivity index (χ1) is 10.6. The zero-order chi connectivity index (χ0) is 16.4. The van der Waals surface area contributed by atoms with Gasteiger partial charge in [-0.05, 0) is 37.2 Å². The molecule has 120 valence electrons. The third kappa shape index (κ3) is 6.22. The predicted octanol–water partition coefficient (Wildman–Crippen LogP) is 2.83. The molecule has 2 amide bonds. The molecule has 0 saturated carbocycles. The summed E-state index contributed by atoms with van der Waals surface area (Å²) in [5.41, 5.74) is 1.08. The second-order valence-corrected chi connectivity index (χ2v) is 5.32. The molecule has 0 fully saturated rings. The van der Waals surface area contributed by atoms with Gasteiger partial charge in [-0.1, -0.05) is 32.4 Å². The first-order valence-electron chi connectivity index (χ1n) is 7.56. The summed E-state index contributed by atoms with van der Waals surface area (Å²) in [5.74, 6) is -0.280. The van der Waals surface area contributed by atoms with Crippen LogP contribution in [0.5, 0.6) is 0 Å². The van der Waals surface area contributed by atoms with Crippen molar-refractivity contribution < 1.29 is 9.59 Å². The van der Waals surface area contributed by atoms with Gasteiger partial charge in [-0.3, -0.25) is 9.59 Å². The number of hydrogen-bond donors (Lipinski definition) is 3. The van der Waals surface area contributed by atoms with Crippen LogP contribution in [0.2, 0.25) is 0 Å². The van der Waals surface area contributed by atoms with Crippen molar-refractivity contribution in [3.63, 3.8) is 0 Å². The van der Waals surface area contributed by atoms with E-state index < -0.39 is 0 Å². The highest BCUT2D eigenvalue weighted by atomic mass is 32.1. The summed E-state index contributed by atoms with van der Waals surface area (Å²) in [6.45, 7) is 4.63. The number of amides is 2. The lowest BCUT2D eigenvalue weighted by Crippen LogP contribution is -2.34. The van der Waals surface area contributed by atoms with Crippen molar-refractivity contribution in [3.05, 3.63) is 29.8 Å². The molecule has 1 aromatic carbocycles. The van der Waals surface area contributed by atoms with E-state index in [0.29, 0.717) is 24.2 Å². The Kier molecular flexibility index (Phi) is 8.14. The number of thiocarbonyl (C=S) groups is 1. The number of nitrogens with one attached hydrogen (secondary N) is 3. The summed E-state index contributed by atoms with van der Waals surface area (Å²) < 4.78 is 0. The number of hydrogen-bond acceptors (Lipinski definition) is 3. The van der Waals surface area contributed by atoms with Crippen LogP contribution in [0.3, 0.4) is 0 Å². The van der Waals surface area contributed by atoms with Gasteiger partial charge in [-0.2, -0.15) is 0 Å². The average molecular weight is 321 g/mol. The molecule has 0 radical (unpaired) electrons. The number of carbonyl (C=O) groups excluding carboxylic acids is 2. The average Bonchev–Trinajstić information content (AvgIpc) is 2.51. The second-order valence-electron chi connectivity index (χ2n) is 4.91. The molecule has 0 spiro atoms. The van der Waals surface area contributed by atoms with Gasteiger partial charge in [0.15, 0.2) is 5.11 Å². The maximum Gasteiger partial charge on any atom is 0.253 e. The zero-order valence-electron chi connectivity index (χ0n) is 13.1. The Balaban J connectivity index is 2.67. The van der Waals surface area contributed by atoms with Crippen LogP contribution >= 0.6 is 12.2 Å². The van der Waals surface area contributed by atoms with Crippen molar-refractivity contribution >= 4 is 34.8 Å². The first-order valence-corrected chi connectivity index (χ1v) is 7.97. The van der Waals surface area contributed by atoms with Crippen molar-refractivity contribution in [2.24, 2.45) is 0 Å². The minimum absolute atomic E-state index is 0.118. The van der Waals surface area contributed by atoms with Crippen LogP contribution in [0, 0.1) is 0 Å². The SMILES string of the molecule is CCCCC(=O)NC(=S)Nc1ccccc1C(=O)NCCC. The molecule has 22 heavy (non-hydrogen) atoms. The van der Waals surface area contributed by atoms with Crippen molar-refractivity contribution in [1.29, 1.82) is 0 Å². The fourth-order valence-corrected chi connectivity index (χ4v) is 2.03. The van der Waals surface area contributed by atoms with Crippen LogP contribution in [-0.2, 0) is 4.79 Å². The highest BCUT2D eigenvalue weighted by Gasteiger charge is 2.12. The van der Waals surface area contributed by atoms with E-state index in [4.69, 9.17) is 12.2 Å². The summed E-state index contributed by atoms with van der Waals surface area (Å²) in [6, 6.07) is 7.07. The highest BCUT2D eigenvalue weighted by Crippen LogP contribution is 2.14. The highest BCUT2D eigenvalue weighted by molar-refractivity contribution is 7.80. The number of unbranched alkanes of at least 4 members (excludes halogenated alkanes) is 1. The minimum Gasteiger partial charge on any atom is -0.352 e. The van der Waals surface area contributed by atoms with Crippen molar-refractivity contribution in [2.75, 3.05) is 11.9 Å². The van der Waals surface area contributed by atoms with Crippen molar-refractivity contribution in [2.45, 2.75) is 39.5 Å². The zero-order valence-corrected chi connectivity index (χ0v) is 13.9. The Hall–Kier alpha value is -1.95. The lowest BCUT2D eigenvalue weighted by Gasteiger charge is -2.13. The summed E-state index contributed by atoms with van der Waals surface area (Å²) in [7, 11) is 0. The number of carbonyl (C=O) groups is 2. The lowest BCUT2D eigenvalue weighted by atomic mass is 10.1. The predicted molar refractivity (Wildman–Crippen MR) is 93.0 cm³/mol. The number of benzene rings is 1. The molecular formula is C16H23N3O2S. The number of para-hydroxylation sites is 1. The number of anilines is 1. The first kappa shape index (κ1) is 18.1. The summed E-state index contributed by atoms with van der Waals surface area (Å²) in [5, 5.41) is 8.56. The molecule has 3 N–H and O–H groups in total. The normalized spacial score (nSPS) is 9.91. The molecule has 0 aromatic heterocycles. The Morgan fingerprint density at radius 2 is 1.86 bits per heavy atom. The Bertz CT molecular complexity index is 532. The van der Waals surface area contributed by atoms with E-state index in [2.05, 4.69) is 16.0 Å². The van der Waals surface area contributed by atoms with Gasteiger partial charge in [0.1, 0.15) is 0 Å². The maximum absolute atomic E-state index is 12.1. The Labute approximate surface area is 136 Å². The van der Waals surface area contributed by atoms with Gasteiger partial charge in [-0.25, -0.2) is 0 Å². The van der Waals surface area contributed by atoms with Gasteiger partial charge in [0.25, 0.3) is 5.91 Å². The molecule has 5 nitrogen and oxygen atoms in total. The van der Waals surface area contributed by atoms with E-state index >= 15 is 0 Å². The van der Waals surface area contributed by atoms with E-state index in [1.807, 2.05) is 13.8 Å². The molecule has 0 bridgehead atoms. The molecule has 0 atom stereocenters. The van der Waals surface area contributed by atoms with Crippen LogP contribution in [0.25, 0.3) is 0 Å². The van der Waals surface area contributed by atoms with Gasteiger partial charge >= 0.3 is 0 Å². The van der Waals surface area contributed by atoms with E-state index in [1.54, 1.807) is 24.3 Å². The van der Waals surface area contributed by atoms with Gasteiger partial charge in [-0.15, -0.1) is 0 Å². The molecule has 1 rings (SSSR count). The van der Waals surface area contributed by atoms with E-state index in [9.17, 15) is 9.59 Å². The third-order valence-corrected chi connectivity index (χ3v) is 3.17. The van der Waals surface area contributed by atoms with Crippen molar-refractivity contribution in [3.8, 4) is 0 Å². The molecule has 0 aliphatic rings. The van der Waals surface area contributed by atoms with E-state index in [0.717, 1.165) is 19.3 Å². The fourth-order valence-electron chi connectivity index (χ4n) is 1.80. The molecule has 0 unspecified atom stereocenters. The maximum atomic E-state index is 12.1. The summed E-state index contributed by atoms with van der Waals surface area (Å²) >= 11 is 5.12. The molecule has 1 aromatic rings. The van der Waals surface area contributed by atoms with E-state index in [1.165, 1.54) is 0 Å². The monoisotopic (exact) mass is 321 g/mol.